The molecular weight excluding hydrogens is 160 g/mol. The van der Waals surface area contributed by atoms with Crippen LogP contribution in [0.5, 0.6) is 0 Å². The van der Waals surface area contributed by atoms with Gasteiger partial charge in [-0.2, -0.15) is 0 Å². The third-order valence-corrected chi connectivity index (χ3v) is 1.98. The maximum atomic E-state index is 5.54. The minimum atomic E-state index is 0.953. The summed E-state index contributed by atoms with van der Waals surface area (Å²) in [5.74, 6) is 0. The summed E-state index contributed by atoms with van der Waals surface area (Å²) < 4.78 is 0. The van der Waals surface area contributed by atoms with Gasteiger partial charge in [0.2, 0.25) is 0 Å². The monoisotopic (exact) mass is 174 g/mol. The summed E-state index contributed by atoms with van der Waals surface area (Å²) in [6.07, 6.45) is 1.59. The van der Waals surface area contributed by atoms with Crippen LogP contribution in [0.25, 0.3) is 5.57 Å². The van der Waals surface area contributed by atoms with Crippen LogP contribution in [0, 0.1) is 0 Å². The van der Waals surface area contributed by atoms with Gasteiger partial charge in [0.25, 0.3) is 0 Å². The Kier molecular flexibility index (Phi) is 3.26. The van der Waals surface area contributed by atoms with Crippen LogP contribution < -0.4 is 5.73 Å². The van der Waals surface area contributed by atoms with Gasteiger partial charge in [-0.05, 0) is 12.5 Å². The first-order chi connectivity index (χ1) is 6.29. The minimum absolute atomic E-state index is 0.953. The standard InChI is InChI=1S/C11H14N2/c1-9(13-2)11(8-12)10-6-4-3-5-7-10/h3-8H,12H2,1-2H3/b11-8+,13-9?. The van der Waals surface area contributed by atoms with E-state index in [1.165, 1.54) is 0 Å². The van der Waals surface area contributed by atoms with Crippen molar-refractivity contribution in [2.24, 2.45) is 10.7 Å². The highest BCUT2D eigenvalue weighted by Crippen LogP contribution is 2.14. The normalized spacial score (nSPS) is 13.1. The molecule has 2 N–H and O–H groups in total. The van der Waals surface area contributed by atoms with Gasteiger partial charge < -0.3 is 5.73 Å². The van der Waals surface area contributed by atoms with Crippen molar-refractivity contribution in [2.45, 2.75) is 6.92 Å². The van der Waals surface area contributed by atoms with Gasteiger partial charge in [0, 0.05) is 24.5 Å². The highest BCUT2D eigenvalue weighted by Gasteiger charge is 2.02. The Bertz CT molecular complexity index is 323. The first kappa shape index (κ1) is 9.52. The fraction of sp³-hybridized carbons (Fsp3) is 0.182. The first-order valence-electron chi connectivity index (χ1n) is 4.20. The molecule has 0 saturated heterocycles. The molecule has 0 amide bonds. The largest absolute Gasteiger partial charge is 0.404 e. The van der Waals surface area contributed by atoms with E-state index in [2.05, 4.69) is 4.99 Å². The fourth-order valence-electron chi connectivity index (χ4n) is 1.16. The van der Waals surface area contributed by atoms with Gasteiger partial charge in [-0.25, -0.2) is 0 Å². The number of nitrogens with two attached hydrogens (primary N) is 1. The molecule has 0 aliphatic carbocycles. The summed E-state index contributed by atoms with van der Waals surface area (Å²) in [6.45, 7) is 1.95. The SMILES string of the molecule is CN=C(C)/C(=C\N)c1ccccc1. The Morgan fingerprint density at radius 3 is 2.38 bits per heavy atom. The topological polar surface area (TPSA) is 38.4 Å². The number of aliphatic imine (C=N–C) groups is 1. The Morgan fingerprint density at radius 2 is 1.92 bits per heavy atom. The van der Waals surface area contributed by atoms with Gasteiger partial charge in [-0.3, -0.25) is 4.99 Å². The van der Waals surface area contributed by atoms with Crippen LogP contribution >= 0.6 is 0 Å². The minimum Gasteiger partial charge on any atom is -0.404 e. The maximum Gasteiger partial charge on any atom is 0.0406 e. The quantitative estimate of drug-likeness (QED) is 0.685. The lowest BCUT2D eigenvalue weighted by atomic mass is 10.0. The molecule has 0 aliphatic rings. The van der Waals surface area contributed by atoms with E-state index >= 15 is 0 Å². The molecule has 0 saturated carbocycles. The van der Waals surface area contributed by atoms with E-state index in [0.29, 0.717) is 0 Å². The van der Waals surface area contributed by atoms with Crippen molar-refractivity contribution in [1.29, 1.82) is 0 Å². The summed E-state index contributed by atoms with van der Waals surface area (Å²) in [5, 5.41) is 0. The molecule has 13 heavy (non-hydrogen) atoms. The molecule has 1 rings (SSSR count). The van der Waals surface area contributed by atoms with E-state index in [4.69, 9.17) is 5.73 Å². The van der Waals surface area contributed by atoms with Crippen LogP contribution in [0.2, 0.25) is 0 Å². The Balaban J connectivity index is 3.07. The van der Waals surface area contributed by atoms with Crippen LogP contribution in [0.15, 0.2) is 41.5 Å². The lowest BCUT2D eigenvalue weighted by molar-refractivity contribution is 1.42. The van der Waals surface area contributed by atoms with Gasteiger partial charge in [-0.15, -0.1) is 0 Å². The highest BCUT2D eigenvalue weighted by atomic mass is 14.7. The Labute approximate surface area is 78.8 Å². The van der Waals surface area contributed by atoms with Crippen LogP contribution in [0.1, 0.15) is 12.5 Å². The number of allylic oxidation sites excluding steroid dienone is 1. The lowest BCUT2D eigenvalue weighted by Crippen LogP contribution is -1.99. The van der Waals surface area contributed by atoms with Crippen molar-refractivity contribution in [3.8, 4) is 0 Å². The molecule has 2 heteroatoms. The molecule has 0 heterocycles. The van der Waals surface area contributed by atoms with E-state index in [0.717, 1.165) is 16.8 Å². The summed E-state index contributed by atoms with van der Waals surface area (Å²) in [4.78, 5) is 4.10. The summed E-state index contributed by atoms with van der Waals surface area (Å²) >= 11 is 0. The second kappa shape index (κ2) is 4.45. The molecule has 0 aromatic heterocycles. The first-order valence-corrected chi connectivity index (χ1v) is 4.20. The molecule has 0 unspecified atom stereocenters. The number of hydrogen-bond acceptors (Lipinski definition) is 2. The zero-order valence-electron chi connectivity index (χ0n) is 7.99. The van der Waals surface area contributed by atoms with E-state index in [1.54, 1.807) is 13.2 Å². The average Bonchev–Trinajstić information content (AvgIpc) is 2.20. The summed E-state index contributed by atoms with van der Waals surface area (Å²) in [5.41, 5.74) is 8.58. The van der Waals surface area contributed by atoms with E-state index in [9.17, 15) is 0 Å². The predicted molar refractivity (Wildman–Crippen MR) is 57.6 cm³/mol. The number of nitrogens with zero attached hydrogens (tertiary/aromatic N) is 1. The third-order valence-electron chi connectivity index (χ3n) is 1.98. The van der Waals surface area contributed by atoms with Gasteiger partial charge in [0.1, 0.15) is 0 Å². The van der Waals surface area contributed by atoms with Crippen LogP contribution in [0.4, 0.5) is 0 Å². The molecule has 0 fully saturated rings. The van der Waals surface area contributed by atoms with Crippen molar-refractivity contribution in [3.63, 3.8) is 0 Å². The second-order valence-corrected chi connectivity index (χ2v) is 2.76. The smallest absolute Gasteiger partial charge is 0.0406 e. The van der Waals surface area contributed by atoms with Gasteiger partial charge in [0.05, 0.1) is 0 Å². The van der Waals surface area contributed by atoms with Crippen LogP contribution in [-0.2, 0) is 0 Å². The average molecular weight is 174 g/mol. The van der Waals surface area contributed by atoms with E-state index in [-0.39, 0.29) is 0 Å². The predicted octanol–water partition coefficient (Wildman–Crippen LogP) is 2.08. The molecule has 0 aliphatic heterocycles. The van der Waals surface area contributed by atoms with Crippen molar-refractivity contribution in [1.82, 2.24) is 0 Å². The highest BCUT2D eigenvalue weighted by molar-refractivity contribution is 6.22. The summed E-state index contributed by atoms with van der Waals surface area (Å²) in [7, 11) is 1.77. The van der Waals surface area contributed by atoms with Crippen molar-refractivity contribution in [2.75, 3.05) is 7.05 Å². The van der Waals surface area contributed by atoms with Crippen molar-refractivity contribution in [3.05, 3.63) is 42.1 Å². The molecule has 1 aromatic rings. The molecule has 0 atom stereocenters. The zero-order valence-corrected chi connectivity index (χ0v) is 7.99. The Hall–Kier alpha value is -1.57. The molecule has 0 spiro atoms. The third kappa shape index (κ3) is 2.18. The van der Waals surface area contributed by atoms with E-state index in [1.807, 2.05) is 37.3 Å². The van der Waals surface area contributed by atoms with Crippen molar-refractivity contribution < 1.29 is 0 Å². The lowest BCUT2D eigenvalue weighted by Gasteiger charge is -2.04. The van der Waals surface area contributed by atoms with Gasteiger partial charge >= 0.3 is 0 Å². The summed E-state index contributed by atoms with van der Waals surface area (Å²) in [6, 6.07) is 10.0. The second-order valence-electron chi connectivity index (χ2n) is 2.76. The van der Waals surface area contributed by atoms with Gasteiger partial charge in [0.15, 0.2) is 0 Å². The number of benzene rings is 1. The molecule has 2 nitrogen and oxygen atoms in total. The number of hydrogen-bond donors (Lipinski definition) is 1. The zero-order chi connectivity index (χ0) is 9.68. The van der Waals surface area contributed by atoms with Crippen LogP contribution in [0.3, 0.4) is 0 Å². The fourth-order valence-corrected chi connectivity index (χ4v) is 1.16. The number of rotatable bonds is 2. The maximum absolute atomic E-state index is 5.54. The molecule has 0 radical (unpaired) electrons. The van der Waals surface area contributed by atoms with Crippen molar-refractivity contribution >= 4 is 11.3 Å². The molecule has 68 valence electrons. The van der Waals surface area contributed by atoms with Crippen LogP contribution in [-0.4, -0.2) is 12.8 Å². The molecule has 0 bridgehead atoms. The van der Waals surface area contributed by atoms with E-state index < -0.39 is 0 Å². The molecular formula is C11H14N2. The van der Waals surface area contributed by atoms with Gasteiger partial charge in [-0.1, -0.05) is 30.3 Å². The molecule has 1 aromatic carbocycles. The Morgan fingerprint density at radius 1 is 1.31 bits per heavy atom.